The predicted molar refractivity (Wildman–Crippen MR) is 66.4 cm³/mol. The summed E-state index contributed by atoms with van der Waals surface area (Å²) in [5, 5.41) is 0. The zero-order valence-corrected chi connectivity index (χ0v) is 10.6. The number of likely N-dealkylation sites (tertiary alicyclic amines) is 1. The largest absolute Gasteiger partial charge is 0.381 e. The summed E-state index contributed by atoms with van der Waals surface area (Å²) >= 11 is 0. The highest BCUT2D eigenvalue weighted by Crippen LogP contribution is 2.32. The molecule has 3 nitrogen and oxygen atoms in total. The lowest BCUT2D eigenvalue weighted by Crippen LogP contribution is -2.57. The number of nitrogens with two attached hydrogens (primary N) is 1. The molecule has 0 radical (unpaired) electrons. The summed E-state index contributed by atoms with van der Waals surface area (Å²) in [6.07, 6.45) is 6.63. The topological polar surface area (TPSA) is 38.5 Å². The minimum absolute atomic E-state index is 0.168. The van der Waals surface area contributed by atoms with Crippen molar-refractivity contribution in [3.05, 3.63) is 0 Å². The normalized spacial score (nSPS) is 32.2. The molecule has 16 heavy (non-hydrogen) atoms. The van der Waals surface area contributed by atoms with Gasteiger partial charge >= 0.3 is 0 Å². The van der Waals surface area contributed by atoms with Gasteiger partial charge in [-0.05, 0) is 39.3 Å². The Balaban J connectivity index is 2.05. The molecule has 3 heteroatoms. The molecule has 2 unspecified atom stereocenters. The fourth-order valence-electron chi connectivity index (χ4n) is 3.16. The highest BCUT2D eigenvalue weighted by Gasteiger charge is 2.40. The molecule has 2 rings (SSSR count). The molecule has 2 atom stereocenters. The van der Waals surface area contributed by atoms with Gasteiger partial charge in [-0.25, -0.2) is 0 Å². The summed E-state index contributed by atoms with van der Waals surface area (Å²) < 4.78 is 5.54. The van der Waals surface area contributed by atoms with Crippen molar-refractivity contribution in [3.63, 3.8) is 0 Å². The highest BCUT2D eigenvalue weighted by atomic mass is 16.5. The Kier molecular flexibility index (Phi) is 4.22. The van der Waals surface area contributed by atoms with E-state index in [1.54, 1.807) is 0 Å². The van der Waals surface area contributed by atoms with Gasteiger partial charge in [0.1, 0.15) is 0 Å². The van der Waals surface area contributed by atoms with Crippen LogP contribution in [0.1, 0.15) is 39.0 Å². The molecule has 94 valence electrons. The van der Waals surface area contributed by atoms with Gasteiger partial charge in [0, 0.05) is 24.6 Å². The third kappa shape index (κ3) is 2.41. The van der Waals surface area contributed by atoms with Crippen LogP contribution in [-0.4, -0.2) is 43.3 Å². The second-order valence-electron chi connectivity index (χ2n) is 5.52. The quantitative estimate of drug-likeness (QED) is 0.794. The van der Waals surface area contributed by atoms with Crippen LogP contribution in [0.15, 0.2) is 0 Å². The maximum Gasteiger partial charge on any atom is 0.0513 e. The molecule has 2 aliphatic heterocycles. The maximum atomic E-state index is 6.07. The third-order valence-corrected chi connectivity index (χ3v) is 4.55. The molecule has 2 saturated heterocycles. The van der Waals surface area contributed by atoms with E-state index in [4.69, 9.17) is 10.5 Å². The van der Waals surface area contributed by atoms with Gasteiger partial charge in [0.25, 0.3) is 0 Å². The van der Waals surface area contributed by atoms with Crippen molar-refractivity contribution in [2.75, 3.05) is 32.8 Å². The first-order valence-electron chi connectivity index (χ1n) is 6.80. The van der Waals surface area contributed by atoms with Crippen LogP contribution < -0.4 is 5.73 Å². The van der Waals surface area contributed by atoms with Crippen LogP contribution in [0.2, 0.25) is 0 Å². The number of nitrogens with zero attached hydrogens (tertiary/aromatic N) is 1. The zero-order chi connectivity index (χ0) is 11.4. The Bertz CT molecular complexity index is 208. The summed E-state index contributed by atoms with van der Waals surface area (Å²) in [6, 6.07) is 0. The molecule has 0 spiro atoms. The molecule has 2 heterocycles. The van der Waals surface area contributed by atoms with Crippen molar-refractivity contribution in [2.45, 2.75) is 44.6 Å². The van der Waals surface area contributed by atoms with Crippen LogP contribution in [-0.2, 0) is 4.74 Å². The third-order valence-electron chi connectivity index (χ3n) is 4.55. The van der Waals surface area contributed by atoms with Crippen molar-refractivity contribution in [1.29, 1.82) is 0 Å². The van der Waals surface area contributed by atoms with E-state index in [1.807, 2.05) is 0 Å². The highest BCUT2D eigenvalue weighted by molar-refractivity contribution is 4.95. The van der Waals surface area contributed by atoms with Gasteiger partial charge in [0.2, 0.25) is 0 Å². The lowest BCUT2D eigenvalue weighted by atomic mass is 9.83. The molecule has 0 aromatic rings. The van der Waals surface area contributed by atoms with E-state index in [0.29, 0.717) is 5.92 Å². The van der Waals surface area contributed by atoms with Gasteiger partial charge < -0.3 is 10.5 Å². The van der Waals surface area contributed by atoms with E-state index in [-0.39, 0.29) is 5.54 Å². The molecule has 2 fully saturated rings. The Hall–Kier alpha value is -0.120. The predicted octanol–water partition coefficient (Wildman–Crippen LogP) is 1.62. The first-order chi connectivity index (χ1) is 7.77. The van der Waals surface area contributed by atoms with Gasteiger partial charge in [0.15, 0.2) is 0 Å². The average Bonchev–Trinajstić information content (AvgIpc) is 2.71. The molecule has 0 aromatic heterocycles. The molecule has 0 bridgehead atoms. The van der Waals surface area contributed by atoms with Crippen LogP contribution in [0, 0.1) is 5.92 Å². The van der Waals surface area contributed by atoms with Crippen LogP contribution in [0.4, 0.5) is 0 Å². The number of hydrogen-bond donors (Lipinski definition) is 1. The molecule has 2 aliphatic rings. The van der Waals surface area contributed by atoms with E-state index in [0.717, 1.165) is 19.8 Å². The zero-order valence-electron chi connectivity index (χ0n) is 10.6. The van der Waals surface area contributed by atoms with Crippen LogP contribution in [0.25, 0.3) is 0 Å². The van der Waals surface area contributed by atoms with Crippen molar-refractivity contribution in [2.24, 2.45) is 11.7 Å². The lowest BCUT2D eigenvalue weighted by Gasteiger charge is -2.44. The Labute approximate surface area is 99.3 Å². The van der Waals surface area contributed by atoms with E-state index in [1.165, 1.54) is 45.2 Å². The van der Waals surface area contributed by atoms with Crippen LogP contribution in [0.3, 0.4) is 0 Å². The number of rotatable bonds is 3. The molecular weight excluding hydrogens is 200 g/mol. The van der Waals surface area contributed by atoms with Crippen molar-refractivity contribution < 1.29 is 4.74 Å². The maximum absolute atomic E-state index is 6.07. The van der Waals surface area contributed by atoms with Gasteiger partial charge in [-0.3, -0.25) is 4.90 Å². The van der Waals surface area contributed by atoms with Gasteiger partial charge in [0.05, 0.1) is 6.61 Å². The molecule has 0 aliphatic carbocycles. The van der Waals surface area contributed by atoms with Gasteiger partial charge in [-0.15, -0.1) is 0 Å². The van der Waals surface area contributed by atoms with Crippen LogP contribution in [0.5, 0.6) is 0 Å². The second kappa shape index (κ2) is 5.48. The van der Waals surface area contributed by atoms with E-state index in [9.17, 15) is 0 Å². The fraction of sp³-hybridized carbons (Fsp3) is 1.00. The molecular formula is C13H26N2O. The van der Waals surface area contributed by atoms with Gasteiger partial charge in [-0.2, -0.15) is 0 Å². The minimum atomic E-state index is 0.168. The Morgan fingerprint density at radius 2 is 1.94 bits per heavy atom. The Morgan fingerprint density at radius 3 is 2.44 bits per heavy atom. The average molecular weight is 226 g/mol. The molecule has 0 aromatic carbocycles. The summed E-state index contributed by atoms with van der Waals surface area (Å²) in [6.45, 7) is 7.39. The first kappa shape index (κ1) is 12.3. The SMILES string of the molecule is CC(CN)(C1CCOC1)N1CCCCCC1. The summed E-state index contributed by atoms with van der Waals surface area (Å²) in [7, 11) is 0. The van der Waals surface area contributed by atoms with E-state index < -0.39 is 0 Å². The summed E-state index contributed by atoms with van der Waals surface area (Å²) in [5.74, 6) is 0.635. The Morgan fingerprint density at radius 1 is 1.25 bits per heavy atom. The van der Waals surface area contributed by atoms with Crippen LogP contribution >= 0.6 is 0 Å². The number of ether oxygens (including phenoxy) is 1. The summed E-state index contributed by atoms with van der Waals surface area (Å²) in [5.41, 5.74) is 6.24. The molecule has 2 N–H and O–H groups in total. The van der Waals surface area contributed by atoms with Crippen molar-refractivity contribution in [3.8, 4) is 0 Å². The fourth-order valence-corrected chi connectivity index (χ4v) is 3.16. The summed E-state index contributed by atoms with van der Waals surface area (Å²) in [4.78, 5) is 2.64. The van der Waals surface area contributed by atoms with E-state index in [2.05, 4.69) is 11.8 Å². The smallest absolute Gasteiger partial charge is 0.0513 e. The number of hydrogen-bond acceptors (Lipinski definition) is 3. The van der Waals surface area contributed by atoms with Crippen molar-refractivity contribution in [1.82, 2.24) is 4.90 Å². The molecule has 0 saturated carbocycles. The standard InChI is InChI=1S/C13H26N2O/c1-13(11-14,12-6-9-16-10-12)15-7-4-2-3-5-8-15/h12H,2-11,14H2,1H3. The lowest BCUT2D eigenvalue weighted by molar-refractivity contribution is 0.0478. The van der Waals surface area contributed by atoms with E-state index >= 15 is 0 Å². The van der Waals surface area contributed by atoms with Gasteiger partial charge in [-0.1, -0.05) is 12.8 Å². The molecule has 0 amide bonds. The minimum Gasteiger partial charge on any atom is -0.381 e. The monoisotopic (exact) mass is 226 g/mol. The van der Waals surface area contributed by atoms with Crippen molar-refractivity contribution >= 4 is 0 Å². The first-order valence-corrected chi connectivity index (χ1v) is 6.80. The second-order valence-corrected chi connectivity index (χ2v) is 5.52.